The van der Waals surface area contributed by atoms with E-state index in [4.69, 9.17) is 5.11 Å². The first-order chi connectivity index (χ1) is 4.74. The molecule has 1 rings (SSSR count). The zero-order valence-electron chi connectivity index (χ0n) is 5.63. The maximum absolute atomic E-state index is 9.19. The van der Waals surface area contributed by atoms with Gasteiger partial charge in [-0.1, -0.05) is 0 Å². The van der Waals surface area contributed by atoms with Crippen molar-refractivity contribution < 1.29 is 10.2 Å². The molecular weight excluding hydrogens is 245 g/mol. The molecule has 0 radical (unpaired) electrons. The lowest BCUT2D eigenvalue weighted by molar-refractivity contribution is -0.0149. The van der Waals surface area contributed by atoms with Gasteiger partial charge in [-0.25, -0.2) is 0 Å². The van der Waals surface area contributed by atoms with E-state index in [1.165, 1.54) is 0 Å². The van der Waals surface area contributed by atoms with E-state index in [1.807, 2.05) is 0 Å². The summed E-state index contributed by atoms with van der Waals surface area (Å²) in [4.78, 5) is 0. The minimum atomic E-state index is -0.527. The molecule has 0 heterocycles. The summed E-state index contributed by atoms with van der Waals surface area (Å²) in [5, 5.41) is 18.3. The van der Waals surface area contributed by atoms with E-state index in [2.05, 4.69) is 26.4 Å². The number of halogens is 1. The second-order valence-corrected chi connectivity index (χ2v) is 3.38. The Morgan fingerprint density at radius 2 is 1.90 bits per heavy atom. The topological polar surface area (TPSA) is 52.5 Å². The van der Waals surface area contributed by atoms with Gasteiger partial charge >= 0.3 is 0 Å². The van der Waals surface area contributed by atoms with Gasteiger partial charge in [0.1, 0.15) is 0 Å². The molecule has 0 saturated heterocycles. The Morgan fingerprint density at radius 1 is 1.20 bits per heavy atom. The average Bonchev–Trinajstić information content (AvgIpc) is 1.95. The Labute approximate surface area is 74.3 Å². The number of rotatable bonds is 1. The number of aliphatic hydroxyl groups excluding tert-OH is 2. The summed E-state index contributed by atoms with van der Waals surface area (Å²) in [5.74, 6) is 0. The summed E-state index contributed by atoms with van der Waals surface area (Å²) in [5.41, 5.74) is 0. The van der Waals surface area contributed by atoms with Crippen molar-refractivity contribution in [1.29, 1.82) is 0 Å². The van der Waals surface area contributed by atoms with Crippen LogP contribution in [0, 0.1) is 0 Å². The number of hydrogen-bond donors (Lipinski definition) is 3. The van der Waals surface area contributed by atoms with Crippen molar-refractivity contribution in [2.75, 3.05) is 0 Å². The summed E-state index contributed by atoms with van der Waals surface area (Å²) >= 11 is 2.08. The van der Waals surface area contributed by atoms with Gasteiger partial charge in [-0.2, -0.15) is 0 Å². The summed E-state index contributed by atoms with van der Waals surface area (Å²) in [6.07, 6.45) is 1.31. The third-order valence-electron chi connectivity index (χ3n) is 1.94. The highest BCUT2D eigenvalue weighted by atomic mass is 127. The molecule has 0 aromatic rings. The van der Waals surface area contributed by atoms with Crippen LogP contribution >= 0.6 is 22.9 Å². The molecule has 0 aromatic heterocycles. The third kappa shape index (κ3) is 2.05. The van der Waals surface area contributed by atoms with Crippen LogP contribution in [0.25, 0.3) is 0 Å². The van der Waals surface area contributed by atoms with Gasteiger partial charge in [-0.3, -0.25) is 3.53 Å². The number of aliphatic hydroxyl groups is 2. The van der Waals surface area contributed by atoms with Crippen LogP contribution in [0.15, 0.2) is 0 Å². The van der Waals surface area contributed by atoms with E-state index in [9.17, 15) is 5.11 Å². The molecule has 0 bridgehead atoms. The van der Waals surface area contributed by atoms with Crippen LogP contribution in [0.1, 0.15) is 19.3 Å². The molecule has 0 aromatic carbocycles. The van der Waals surface area contributed by atoms with Crippen LogP contribution in [0.3, 0.4) is 0 Å². The highest BCUT2D eigenvalue weighted by Gasteiger charge is 2.26. The Hall–Kier alpha value is 0.610. The summed E-state index contributed by atoms with van der Waals surface area (Å²) in [6, 6.07) is 0.374. The summed E-state index contributed by atoms with van der Waals surface area (Å²) in [6.45, 7) is 0. The Kier molecular flexibility index (Phi) is 3.35. The second kappa shape index (κ2) is 3.85. The molecule has 4 heteroatoms. The van der Waals surface area contributed by atoms with Gasteiger partial charge in [0.2, 0.25) is 0 Å². The molecule has 1 saturated carbocycles. The zero-order chi connectivity index (χ0) is 7.56. The molecule has 1 fully saturated rings. The monoisotopic (exact) mass is 257 g/mol. The van der Waals surface area contributed by atoms with Crippen molar-refractivity contribution in [3.63, 3.8) is 0 Å². The molecule has 1 aliphatic carbocycles. The van der Waals surface area contributed by atoms with E-state index >= 15 is 0 Å². The smallest absolute Gasteiger partial charge is 0.0814 e. The van der Waals surface area contributed by atoms with Crippen LogP contribution in [0.2, 0.25) is 0 Å². The molecule has 10 heavy (non-hydrogen) atoms. The molecule has 0 amide bonds. The number of nitrogens with one attached hydrogen (secondary N) is 1. The van der Waals surface area contributed by atoms with E-state index in [1.54, 1.807) is 0 Å². The fourth-order valence-electron chi connectivity index (χ4n) is 1.23. The van der Waals surface area contributed by atoms with Crippen molar-refractivity contribution in [2.45, 2.75) is 37.5 Å². The quantitative estimate of drug-likeness (QED) is 0.464. The van der Waals surface area contributed by atoms with Crippen LogP contribution in [0.5, 0.6) is 0 Å². The van der Waals surface area contributed by atoms with Crippen LogP contribution in [0.4, 0.5) is 0 Å². The maximum Gasteiger partial charge on any atom is 0.0814 e. The van der Waals surface area contributed by atoms with Gasteiger partial charge in [-0.05, 0) is 19.3 Å². The molecule has 3 unspecified atom stereocenters. The molecule has 3 atom stereocenters. The van der Waals surface area contributed by atoms with E-state index in [-0.39, 0.29) is 0 Å². The Balaban J connectivity index is 2.33. The first kappa shape index (κ1) is 8.70. The standard InChI is InChI=1S/C6H12INO2/c7-8-4-1-2-5(9)6(10)3-4/h4-6,8-10H,1-3H2. The van der Waals surface area contributed by atoms with Gasteiger partial charge < -0.3 is 10.2 Å². The van der Waals surface area contributed by atoms with Gasteiger partial charge in [0.05, 0.1) is 12.2 Å². The summed E-state index contributed by atoms with van der Waals surface area (Å²) in [7, 11) is 0. The first-order valence-electron chi connectivity index (χ1n) is 3.46. The lowest BCUT2D eigenvalue weighted by atomic mass is 9.91. The molecule has 60 valence electrons. The van der Waals surface area contributed by atoms with E-state index in [0.29, 0.717) is 18.9 Å². The molecule has 3 nitrogen and oxygen atoms in total. The highest BCUT2D eigenvalue weighted by molar-refractivity contribution is 14.1. The number of hydrogen-bond acceptors (Lipinski definition) is 3. The molecule has 3 N–H and O–H groups in total. The van der Waals surface area contributed by atoms with Gasteiger partial charge in [0.25, 0.3) is 0 Å². The normalized spacial score (nSPS) is 41.7. The predicted molar refractivity (Wildman–Crippen MR) is 46.8 cm³/mol. The first-order valence-corrected chi connectivity index (χ1v) is 4.54. The fraction of sp³-hybridized carbons (Fsp3) is 1.00. The molecule has 1 aliphatic rings. The summed E-state index contributed by atoms with van der Waals surface area (Å²) < 4.78 is 3.05. The third-order valence-corrected chi connectivity index (χ3v) is 2.82. The Morgan fingerprint density at radius 3 is 2.40 bits per heavy atom. The molecule has 0 spiro atoms. The predicted octanol–water partition coefficient (Wildman–Crippen LogP) is 0.200. The minimum absolute atomic E-state index is 0.374. The fourth-order valence-corrected chi connectivity index (χ4v) is 1.80. The lowest BCUT2D eigenvalue weighted by Crippen LogP contribution is -2.39. The zero-order valence-corrected chi connectivity index (χ0v) is 7.78. The molecule has 0 aliphatic heterocycles. The Bertz CT molecular complexity index is 112. The SMILES string of the molecule is OC1CCC(NI)CC1O. The van der Waals surface area contributed by atoms with Gasteiger partial charge in [-0.15, -0.1) is 0 Å². The van der Waals surface area contributed by atoms with Crippen molar-refractivity contribution in [1.82, 2.24) is 3.53 Å². The maximum atomic E-state index is 9.19. The van der Waals surface area contributed by atoms with Gasteiger partial charge in [0, 0.05) is 28.9 Å². The lowest BCUT2D eigenvalue weighted by Gasteiger charge is -2.28. The second-order valence-electron chi connectivity index (χ2n) is 2.75. The van der Waals surface area contributed by atoms with E-state index < -0.39 is 12.2 Å². The van der Waals surface area contributed by atoms with E-state index in [0.717, 1.165) is 6.42 Å². The largest absolute Gasteiger partial charge is 0.390 e. The van der Waals surface area contributed by atoms with Crippen LogP contribution < -0.4 is 3.53 Å². The van der Waals surface area contributed by atoms with Crippen LogP contribution in [-0.4, -0.2) is 28.5 Å². The van der Waals surface area contributed by atoms with Crippen molar-refractivity contribution in [2.24, 2.45) is 0 Å². The van der Waals surface area contributed by atoms with Crippen molar-refractivity contribution in [3.8, 4) is 0 Å². The van der Waals surface area contributed by atoms with Gasteiger partial charge in [0.15, 0.2) is 0 Å². The highest BCUT2D eigenvalue weighted by Crippen LogP contribution is 2.19. The minimum Gasteiger partial charge on any atom is -0.390 e. The van der Waals surface area contributed by atoms with Crippen molar-refractivity contribution in [3.05, 3.63) is 0 Å². The average molecular weight is 257 g/mol. The van der Waals surface area contributed by atoms with Crippen LogP contribution in [-0.2, 0) is 0 Å². The molecular formula is C6H12INO2. The van der Waals surface area contributed by atoms with Crippen molar-refractivity contribution >= 4 is 22.9 Å².